The van der Waals surface area contributed by atoms with Gasteiger partial charge >= 0.3 is 0 Å². The van der Waals surface area contributed by atoms with E-state index in [0.29, 0.717) is 11.8 Å². The molecule has 3 atom stereocenters. The van der Waals surface area contributed by atoms with Crippen molar-refractivity contribution in [2.45, 2.75) is 84.2 Å². The van der Waals surface area contributed by atoms with E-state index in [1.165, 1.54) is 64.2 Å². The molecule has 0 spiro atoms. The lowest BCUT2D eigenvalue weighted by Gasteiger charge is -2.30. The van der Waals surface area contributed by atoms with Crippen LogP contribution in [0.4, 0.5) is 0 Å². The molecule has 3 unspecified atom stereocenters. The van der Waals surface area contributed by atoms with Gasteiger partial charge in [-0.15, -0.1) is 0 Å². The van der Waals surface area contributed by atoms with Gasteiger partial charge in [-0.1, -0.05) is 58.8 Å². The molecule has 106 valence electrons. The van der Waals surface area contributed by atoms with Crippen molar-refractivity contribution in [2.75, 3.05) is 0 Å². The quantitative estimate of drug-likeness (QED) is 0.746. The molecule has 0 bridgehead atoms. The average Bonchev–Trinajstić information content (AvgIpc) is 2.72. The van der Waals surface area contributed by atoms with Crippen LogP contribution in [0.3, 0.4) is 0 Å². The molecule has 0 amide bonds. The predicted octanol–water partition coefficient (Wildman–Crippen LogP) is 4.78. The van der Waals surface area contributed by atoms with Crippen LogP contribution in [0.15, 0.2) is 0 Å². The van der Waals surface area contributed by atoms with E-state index in [0.717, 1.165) is 11.8 Å². The van der Waals surface area contributed by atoms with Crippen molar-refractivity contribution in [3.8, 4) is 0 Å². The molecule has 0 heterocycles. The first-order chi connectivity index (χ1) is 8.68. The Morgan fingerprint density at radius 3 is 2.39 bits per heavy atom. The molecule has 1 N–H and O–H groups in total. The molecular formula is C17H32O. The minimum Gasteiger partial charge on any atom is -0.393 e. The molecule has 2 rings (SSSR count). The summed E-state index contributed by atoms with van der Waals surface area (Å²) in [5.74, 6) is 2.94. The summed E-state index contributed by atoms with van der Waals surface area (Å²) in [7, 11) is 0. The lowest BCUT2D eigenvalue weighted by atomic mass is 9.77. The van der Waals surface area contributed by atoms with Crippen LogP contribution in [-0.2, 0) is 0 Å². The van der Waals surface area contributed by atoms with E-state index < -0.39 is 0 Å². The van der Waals surface area contributed by atoms with Gasteiger partial charge in [0.25, 0.3) is 0 Å². The first-order valence-corrected chi connectivity index (χ1v) is 8.36. The van der Waals surface area contributed by atoms with Crippen LogP contribution in [0.5, 0.6) is 0 Å². The molecule has 0 radical (unpaired) electrons. The first kappa shape index (κ1) is 14.4. The molecule has 0 aromatic heterocycles. The molecule has 18 heavy (non-hydrogen) atoms. The summed E-state index contributed by atoms with van der Waals surface area (Å²) in [6, 6.07) is 0. The second kappa shape index (κ2) is 6.93. The maximum Gasteiger partial charge on any atom is 0.0599 e. The van der Waals surface area contributed by atoms with E-state index in [9.17, 15) is 5.11 Å². The summed E-state index contributed by atoms with van der Waals surface area (Å²) in [6.45, 7) is 4.60. The smallest absolute Gasteiger partial charge is 0.0599 e. The highest BCUT2D eigenvalue weighted by atomic mass is 16.3. The van der Waals surface area contributed by atoms with Gasteiger partial charge in [-0.25, -0.2) is 0 Å². The second-order valence-corrected chi connectivity index (χ2v) is 7.21. The van der Waals surface area contributed by atoms with Gasteiger partial charge < -0.3 is 5.11 Å². The van der Waals surface area contributed by atoms with Crippen LogP contribution in [0.2, 0.25) is 0 Å². The molecule has 0 aromatic rings. The third-order valence-electron chi connectivity index (χ3n) is 5.40. The van der Waals surface area contributed by atoms with E-state index in [2.05, 4.69) is 13.8 Å². The van der Waals surface area contributed by atoms with Gasteiger partial charge in [0.05, 0.1) is 6.10 Å². The Kier molecular flexibility index (Phi) is 5.54. The zero-order valence-electron chi connectivity index (χ0n) is 12.4. The minimum atomic E-state index is 0.0280. The van der Waals surface area contributed by atoms with Crippen molar-refractivity contribution in [3.63, 3.8) is 0 Å². The van der Waals surface area contributed by atoms with Crippen molar-refractivity contribution in [2.24, 2.45) is 23.7 Å². The summed E-state index contributed by atoms with van der Waals surface area (Å²) in [6.07, 6.45) is 13.6. The fourth-order valence-corrected chi connectivity index (χ4v) is 4.28. The highest BCUT2D eigenvalue weighted by molar-refractivity contribution is 4.89. The average molecular weight is 252 g/mol. The lowest BCUT2D eigenvalue weighted by Crippen LogP contribution is -2.28. The summed E-state index contributed by atoms with van der Waals surface area (Å²) in [5, 5.41) is 10.6. The van der Waals surface area contributed by atoms with E-state index >= 15 is 0 Å². The third-order valence-corrected chi connectivity index (χ3v) is 5.40. The summed E-state index contributed by atoms with van der Waals surface area (Å²) in [4.78, 5) is 0. The topological polar surface area (TPSA) is 20.2 Å². The van der Waals surface area contributed by atoms with Gasteiger partial charge in [-0.05, 0) is 42.9 Å². The number of aliphatic hydroxyl groups excluding tert-OH is 1. The number of hydrogen-bond donors (Lipinski definition) is 1. The zero-order valence-corrected chi connectivity index (χ0v) is 12.4. The summed E-state index contributed by atoms with van der Waals surface area (Å²) in [5.41, 5.74) is 0. The van der Waals surface area contributed by atoms with Gasteiger partial charge in [-0.2, -0.15) is 0 Å². The Morgan fingerprint density at radius 1 is 1.00 bits per heavy atom. The largest absolute Gasteiger partial charge is 0.393 e. The van der Waals surface area contributed by atoms with Crippen molar-refractivity contribution < 1.29 is 5.11 Å². The van der Waals surface area contributed by atoms with Gasteiger partial charge in [0.15, 0.2) is 0 Å². The van der Waals surface area contributed by atoms with E-state index in [4.69, 9.17) is 0 Å². The van der Waals surface area contributed by atoms with Crippen LogP contribution < -0.4 is 0 Å². The van der Waals surface area contributed by atoms with Gasteiger partial charge in [0.1, 0.15) is 0 Å². The van der Waals surface area contributed by atoms with Crippen LogP contribution in [0.25, 0.3) is 0 Å². The number of hydrogen-bond acceptors (Lipinski definition) is 1. The Morgan fingerprint density at radius 2 is 1.72 bits per heavy atom. The predicted molar refractivity (Wildman–Crippen MR) is 77.5 cm³/mol. The maximum absolute atomic E-state index is 10.6. The molecule has 0 saturated heterocycles. The number of aliphatic hydroxyl groups is 1. The Balaban J connectivity index is 1.75. The van der Waals surface area contributed by atoms with E-state index in [1.807, 2.05) is 0 Å². The zero-order chi connectivity index (χ0) is 13.0. The normalized spacial score (nSPS) is 34.3. The standard InChI is InChI=1S/C17H32O/c1-13(2)7-6-10-15-11-12-16(17(15)18)14-8-4-3-5-9-14/h13-18H,3-12H2,1-2H3. The van der Waals surface area contributed by atoms with Crippen LogP contribution in [-0.4, -0.2) is 11.2 Å². The van der Waals surface area contributed by atoms with Crippen molar-refractivity contribution in [1.29, 1.82) is 0 Å². The summed E-state index contributed by atoms with van der Waals surface area (Å²) >= 11 is 0. The molecular weight excluding hydrogens is 220 g/mol. The Labute approximate surface area is 113 Å². The monoisotopic (exact) mass is 252 g/mol. The molecule has 1 heteroatoms. The molecule has 2 aliphatic carbocycles. The molecule has 0 aromatic carbocycles. The van der Waals surface area contributed by atoms with E-state index in [-0.39, 0.29) is 6.10 Å². The highest BCUT2D eigenvalue weighted by Gasteiger charge is 2.38. The highest BCUT2D eigenvalue weighted by Crippen LogP contribution is 2.43. The Hall–Kier alpha value is -0.0400. The molecule has 2 aliphatic rings. The first-order valence-electron chi connectivity index (χ1n) is 8.36. The number of rotatable bonds is 5. The maximum atomic E-state index is 10.6. The molecule has 0 aliphatic heterocycles. The second-order valence-electron chi connectivity index (χ2n) is 7.21. The Bertz CT molecular complexity index is 230. The van der Waals surface area contributed by atoms with Crippen LogP contribution >= 0.6 is 0 Å². The van der Waals surface area contributed by atoms with Crippen LogP contribution in [0, 0.1) is 23.7 Å². The SMILES string of the molecule is CC(C)CCCC1CCC(C2CCCCC2)C1O. The van der Waals surface area contributed by atoms with Crippen molar-refractivity contribution in [1.82, 2.24) is 0 Å². The van der Waals surface area contributed by atoms with Gasteiger partial charge in [0, 0.05) is 0 Å². The van der Waals surface area contributed by atoms with Gasteiger partial charge in [0.2, 0.25) is 0 Å². The van der Waals surface area contributed by atoms with E-state index in [1.54, 1.807) is 0 Å². The molecule has 2 saturated carbocycles. The minimum absolute atomic E-state index is 0.0280. The summed E-state index contributed by atoms with van der Waals surface area (Å²) < 4.78 is 0. The van der Waals surface area contributed by atoms with Crippen molar-refractivity contribution in [3.05, 3.63) is 0 Å². The lowest BCUT2D eigenvalue weighted by molar-refractivity contribution is 0.0496. The van der Waals surface area contributed by atoms with Gasteiger partial charge in [-0.3, -0.25) is 0 Å². The fourth-order valence-electron chi connectivity index (χ4n) is 4.28. The fraction of sp³-hybridized carbons (Fsp3) is 1.00. The third kappa shape index (κ3) is 3.73. The van der Waals surface area contributed by atoms with Crippen LogP contribution in [0.1, 0.15) is 78.1 Å². The molecule has 2 fully saturated rings. The molecule has 1 nitrogen and oxygen atoms in total. The van der Waals surface area contributed by atoms with Crippen molar-refractivity contribution >= 4 is 0 Å².